The topological polar surface area (TPSA) is 108 Å². The smallest absolute Gasteiger partial charge is 0.316 e. The van der Waals surface area contributed by atoms with Crippen LogP contribution in [-0.2, 0) is 0 Å². The summed E-state index contributed by atoms with van der Waals surface area (Å²) in [7, 11) is 0. The maximum absolute atomic E-state index is 12.5. The number of carbonyl (C=O) groups excluding carboxylic acids is 1. The zero-order valence-corrected chi connectivity index (χ0v) is 15.9. The maximum Gasteiger partial charge on any atom is 0.316 e. The molecule has 1 N–H and O–H groups in total. The van der Waals surface area contributed by atoms with E-state index in [1.807, 2.05) is 44.2 Å². The van der Waals surface area contributed by atoms with Gasteiger partial charge >= 0.3 is 11.8 Å². The molecule has 2 aromatic heterocycles. The van der Waals surface area contributed by atoms with Crippen molar-refractivity contribution in [2.24, 2.45) is 0 Å². The third-order valence-electron chi connectivity index (χ3n) is 4.08. The van der Waals surface area contributed by atoms with Gasteiger partial charge in [-0.25, -0.2) is 4.68 Å². The number of benzene rings is 2. The molecule has 0 bridgehead atoms. The number of nitrogens with zero attached hydrogens (tertiary/aromatic N) is 5. The summed E-state index contributed by atoms with van der Waals surface area (Å²) in [6.07, 6.45) is 1.67. The molecule has 0 atom stereocenters. The number of ether oxygens (including phenoxy) is 1. The second-order valence-corrected chi connectivity index (χ2v) is 6.19. The fourth-order valence-corrected chi connectivity index (χ4v) is 2.64. The number of aromatic nitrogens is 5. The van der Waals surface area contributed by atoms with Crippen LogP contribution in [0.3, 0.4) is 0 Å². The van der Waals surface area contributed by atoms with Crippen molar-refractivity contribution in [1.29, 1.82) is 0 Å². The van der Waals surface area contributed by atoms with Crippen LogP contribution in [-0.4, -0.2) is 37.6 Å². The highest BCUT2D eigenvalue weighted by Crippen LogP contribution is 2.24. The molecular formula is C20H18N6O3. The molecule has 146 valence electrons. The highest BCUT2D eigenvalue weighted by molar-refractivity contribution is 6.01. The lowest BCUT2D eigenvalue weighted by molar-refractivity contribution is 0.0981. The van der Waals surface area contributed by atoms with Gasteiger partial charge in [0.05, 0.1) is 24.2 Å². The summed E-state index contributed by atoms with van der Waals surface area (Å²) in [6, 6.07) is 14.9. The monoisotopic (exact) mass is 390 g/mol. The van der Waals surface area contributed by atoms with Crippen LogP contribution < -0.4 is 10.1 Å². The molecule has 0 spiro atoms. The van der Waals surface area contributed by atoms with Crippen molar-refractivity contribution in [3.05, 3.63) is 66.2 Å². The second-order valence-electron chi connectivity index (χ2n) is 6.19. The van der Waals surface area contributed by atoms with Crippen LogP contribution in [0.2, 0.25) is 0 Å². The lowest BCUT2D eigenvalue weighted by Crippen LogP contribution is -2.13. The minimum Gasteiger partial charge on any atom is -0.492 e. The molecule has 2 aromatic carbocycles. The second kappa shape index (κ2) is 7.93. The van der Waals surface area contributed by atoms with E-state index >= 15 is 0 Å². The average molecular weight is 390 g/mol. The van der Waals surface area contributed by atoms with Crippen molar-refractivity contribution in [2.75, 3.05) is 11.9 Å². The Hall–Kier alpha value is -4.01. The first-order valence-electron chi connectivity index (χ1n) is 9.00. The van der Waals surface area contributed by atoms with E-state index in [0.29, 0.717) is 23.7 Å². The minimum absolute atomic E-state index is 0.173. The zero-order chi connectivity index (χ0) is 20.2. The van der Waals surface area contributed by atoms with Crippen LogP contribution in [0.25, 0.3) is 17.2 Å². The number of nitrogens with one attached hydrogen (secondary N) is 1. The van der Waals surface area contributed by atoms with Crippen molar-refractivity contribution in [3.8, 4) is 23.0 Å². The Balaban J connectivity index is 1.51. The lowest BCUT2D eigenvalue weighted by Gasteiger charge is -2.09. The van der Waals surface area contributed by atoms with Crippen LogP contribution in [0.1, 0.15) is 23.2 Å². The quantitative estimate of drug-likeness (QED) is 0.538. The van der Waals surface area contributed by atoms with Gasteiger partial charge < -0.3 is 14.6 Å². The predicted molar refractivity (Wildman–Crippen MR) is 105 cm³/mol. The molecule has 0 aliphatic rings. The first-order chi connectivity index (χ1) is 14.1. The van der Waals surface area contributed by atoms with Crippen LogP contribution in [0.15, 0.2) is 59.3 Å². The molecule has 0 aliphatic heterocycles. The van der Waals surface area contributed by atoms with E-state index in [-0.39, 0.29) is 11.7 Å². The molecule has 0 aliphatic carbocycles. The zero-order valence-electron chi connectivity index (χ0n) is 15.9. The molecular weight excluding hydrogens is 372 g/mol. The fraction of sp³-hybridized carbons (Fsp3) is 0.150. The molecule has 0 radical (unpaired) electrons. The van der Waals surface area contributed by atoms with Crippen LogP contribution >= 0.6 is 0 Å². The Labute approximate surface area is 166 Å². The summed E-state index contributed by atoms with van der Waals surface area (Å²) in [5.74, 6) is 0.00810. The van der Waals surface area contributed by atoms with Gasteiger partial charge in [0.15, 0.2) is 5.69 Å². The third-order valence-corrected chi connectivity index (χ3v) is 4.08. The number of amides is 1. The summed E-state index contributed by atoms with van der Waals surface area (Å²) in [6.45, 7) is 4.36. The van der Waals surface area contributed by atoms with Crippen LogP contribution in [0, 0.1) is 6.92 Å². The molecule has 0 fully saturated rings. The highest BCUT2D eigenvalue weighted by atomic mass is 16.5. The lowest BCUT2D eigenvalue weighted by atomic mass is 10.2. The summed E-state index contributed by atoms with van der Waals surface area (Å²) in [4.78, 5) is 16.6. The Bertz CT molecular complexity index is 1130. The molecule has 0 saturated heterocycles. The number of hydrogen-bond acceptors (Lipinski definition) is 7. The van der Waals surface area contributed by atoms with Gasteiger partial charge in [-0.3, -0.25) is 4.79 Å². The van der Waals surface area contributed by atoms with Crippen molar-refractivity contribution in [2.45, 2.75) is 13.8 Å². The summed E-state index contributed by atoms with van der Waals surface area (Å²) in [5.41, 5.74) is 2.91. The van der Waals surface area contributed by atoms with Gasteiger partial charge in [-0.1, -0.05) is 40.2 Å². The van der Waals surface area contributed by atoms with Gasteiger partial charge in [-0.05, 0) is 38.1 Å². The van der Waals surface area contributed by atoms with Crippen molar-refractivity contribution < 1.29 is 14.1 Å². The van der Waals surface area contributed by atoms with E-state index in [9.17, 15) is 4.79 Å². The van der Waals surface area contributed by atoms with E-state index in [0.717, 1.165) is 11.3 Å². The van der Waals surface area contributed by atoms with E-state index in [2.05, 4.69) is 25.8 Å². The van der Waals surface area contributed by atoms with E-state index in [4.69, 9.17) is 9.26 Å². The number of aryl methyl sites for hydroxylation is 1. The molecule has 4 rings (SSSR count). The third kappa shape index (κ3) is 3.98. The first-order valence-corrected chi connectivity index (χ1v) is 9.00. The first kappa shape index (κ1) is 18.4. The van der Waals surface area contributed by atoms with Crippen LogP contribution in [0.4, 0.5) is 5.69 Å². The van der Waals surface area contributed by atoms with Crippen molar-refractivity contribution >= 4 is 11.6 Å². The SMILES string of the molecule is CCOc1ccccc1NC(=O)c1nc(-c2cn(-c3ccc(C)cc3)nn2)no1. The molecule has 9 heteroatoms. The normalized spacial score (nSPS) is 10.7. The minimum atomic E-state index is -0.540. The number of carbonyl (C=O) groups is 1. The van der Waals surface area contributed by atoms with Gasteiger partial charge in [0.25, 0.3) is 0 Å². The standard InChI is InChI=1S/C20H18N6O3/c1-3-28-17-7-5-4-6-15(17)21-19(27)20-22-18(24-29-20)16-12-26(25-23-16)14-10-8-13(2)9-11-14/h4-12H,3H2,1-2H3,(H,21,27). The number of rotatable bonds is 6. The van der Waals surface area contributed by atoms with Gasteiger partial charge in [0.1, 0.15) is 5.75 Å². The number of para-hydroxylation sites is 2. The van der Waals surface area contributed by atoms with E-state index < -0.39 is 5.91 Å². The molecule has 0 unspecified atom stereocenters. The molecule has 4 aromatic rings. The molecule has 2 heterocycles. The highest BCUT2D eigenvalue weighted by Gasteiger charge is 2.19. The fourth-order valence-electron chi connectivity index (χ4n) is 2.64. The summed E-state index contributed by atoms with van der Waals surface area (Å²) in [5, 5.41) is 14.7. The van der Waals surface area contributed by atoms with Gasteiger partial charge in [-0.2, -0.15) is 4.98 Å². The van der Waals surface area contributed by atoms with Gasteiger partial charge in [-0.15, -0.1) is 5.10 Å². The maximum atomic E-state index is 12.5. The number of hydrogen-bond donors (Lipinski definition) is 1. The summed E-state index contributed by atoms with van der Waals surface area (Å²) < 4.78 is 12.2. The Morgan fingerprint density at radius 3 is 2.76 bits per heavy atom. The van der Waals surface area contributed by atoms with E-state index in [1.165, 1.54) is 0 Å². The van der Waals surface area contributed by atoms with Crippen LogP contribution in [0.5, 0.6) is 5.75 Å². The van der Waals surface area contributed by atoms with E-state index in [1.54, 1.807) is 29.1 Å². The molecule has 9 nitrogen and oxygen atoms in total. The van der Waals surface area contributed by atoms with Crippen molar-refractivity contribution in [3.63, 3.8) is 0 Å². The van der Waals surface area contributed by atoms with Gasteiger partial charge in [0, 0.05) is 0 Å². The molecule has 1 amide bonds. The van der Waals surface area contributed by atoms with Gasteiger partial charge in [0.2, 0.25) is 5.82 Å². The average Bonchev–Trinajstić information content (AvgIpc) is 3.40. The predicted octanol–water partition coefficient (Wildman–Crippen LogP) is 3.28. The van der Waals surface area contributed by atoms with Crippen molar-refractivity contribution in [1.82, 2.24) is 25.1 Å². The molecule has 29 heavy (non-hydrogen) atoms. The molecule has 0 saturated carbocycles. The number of anilines is 1. The Morgan fingerprint density at radius 1 is 1.17 bits per heavy atom. The summed E-state index contributed by atoms with van der Waals surface area (Å²) >= 11 is 0. The Kier molecular flexibility index (Phi) is 5.02. The largest absolute Gasteiger partial charge is 0.492 e. The Morgan fingerprint density at radius 2 is 1.97 bits per heavy atom.